The van der Waals surface area contributed by atoms with Crippen molar-refractivity contribution >= 4 is 5.97 Å². The lowest BCUT2D eigenvalue weighted by Gasteiger charge is -2.27. The Morgan fingerprint density at radius 3 is 2.81 bits per heavy atom. The molecule has 0 N–H and O–H groups in total. The zero-order chi connectivity index (χ0) is 12.1. The summed E-state index contributed by atoms with van der Waals surface area (Å²) in [4.78, 5) is 15.9. The molecule has 4 heteroatoms. The first-order valence-corrected chi connectivity index (χ1v) is 6.01. The molecule has 2 unspecified atom stereocenters. The second kappa shape index (κ2) is 6.21. The van der Waals surface area contributed by atoms with Crippen LogP contribution in [0.3, 0.4) is 0 Å². The monoisotopic (exact) mass is 228 g/mol. The maximum Gasteiger partial charge on any atom is 0.309 e. The van der Waals surface area contributed by atoms with Crippen LogP contribution in [0, 0.1) is 5.92 Å². The topological polar surface area (TPSA) is 32.8 Å². The third kappa shape index (κ3) is 3.76. The SMILES string of the molecule is COC(=O)C(C)CN(C)CC1CCCN1C. The molecule has 0 aromatic carbocycles. The van der Waals surface area contributed by atoms with Gasteiger partial charge in [0.25, 0.3) is 0 Å². The Balaban J connectivity index is 2.29. The van der Waals surface area contributed by atoms with Gasteiger partial charge in [0.1, 0.15) is 0 Å². The van der Waals surface area contributed by atoms with Crippen molar-refractivity contribution in [1.82, 2.24) is 9.80 Å². The number of nitrogens with zero attached hydrogens (tertiary/aromatic N) is 2. The largest absolute Gasteiger partial charge is 0.469 e. The predicted octanol–water partition coefficient (Wildman–Crippen LogP) is 0.821. The zero-order valence-electron chi connectivity index (χ0n) is 10.9. The van der Waals surface area contributed by atoms with Crippen LogP contribution < -0.4 is 0 Å². The molecule has 1 saturated heterocycles. The van der Waals surface area contributed by atoms with E-state index in [1.807, 2.05) is 6.92 Å². The summed E-state index contributed by atoms with van der Waals surface area (Å²) in [5.41, 5.74) is 0. The van der Waals surface area contributed by atoms with Crippen molar-refractivity contribution in [2.75, 3.05) is 40.8 Å². The van der Waals surface area contributed by atoms with Gasteiger partial charge in [0.05, 0.1) is 13.0 Å². The average Bonchev–Trinajstić information content (AvgIpc) is 2.63. The molecule has 4 nitrogen and oxygen atoms in total. The number of likely N-dealkylation sites (N-methyl/N-ethyl adjacent to an activating group) is 2. The molecular weight excluding hydrogens is 204 g/mol. The van der Waals surface area contributed by atoms with Crippen molar-refractivity contribution < 1.29 is 9.53 Å². The second-order valence-corrected chi connectivity index (χ2v) is 4.92. The average molecular weight is 228 g/mol. The molecule has 1 rings (SSSR count). The lowest BCUT2D eigenvalue weighted by molar-refractivity contribution is -0.145. The molecule has 16 heavy (non-hydrogen) atoms. The number of likely N-dealkylation sites (tertiary alicyclic amines) is 1. The Labute approximate surface area is 98.5 Å². The van der Waals surface area contributed by atoms with Gasteiger partial charge in [-0.3, -0.25) is 4.79 Å². The van der Waals surface area contributed by atoms with Crippen molar-refractivity contribution in [3.8, 4) is 0 Å². The minimum absolute atomic E-state index is 0.0401. The van der Waals surface area contributed by atoms with Gasteiger partial charge in [-0.1, -0.05) is 6.92 Å². The van der Waals surface area contributed by atoms with Crippen molar-refractivity contribution in [3.63, 3.8) is 0 Å². The van der Waals surface area contributed by atoms with E-state index < -0.39 is 0 Å². The number of carbonyl (C=O) groups is 1. The number of rotatable bonds is 5. The van der Waals surface area contributed by atoms with Crippen LogP contribution >= 0.6 is 0 Å². The van der Waals surface area contributed by atoms with Crippen molar-refractivity contribution in [2.45, 2.75) is 25.8 Å². The van der Waals surface area contributed by atoms with E-state index >= 15 is 0 Å². The molecule has 1 fully saturated rings. The number of hydrogen-bond donors (Lipinski definition) is 0. The number of esters is 1. The Hall–Kier alpha value is -0.610. The summed E-state index contributed by atoms with van der Waals surface area (Å²) in [5, 5.41) is 0. The molecule has 2 atom stereocenters. The maximum atomic E-state index is 11.3. The lowest BCUT2D eigenvalue weighted by Crippen LogP contribution is -2.39. The van der Waals surface area contributed by atoms with E-state index in [2.05, 4.69) is 23.9 Å². The summed E-state index contributed by atoms with van der Waals surface area (Å²) in [6, 6.07) is 0.648. The molecule has 0 saturated carbocycles. The molecule has 1 aliphatic heterocycles. The van der Waals surface area contributed by atoms with Crippen LogP contribution in [0.2, 0.25) is 0 Å². The van der Waals surface area contributed by atoms with E-state index in [9.17, 15) is 4.79 Å². The highest BCUT2D eigenvalue weighted by Crippen LogP contribution is 2.15. The van der Waals surface area contributed by atoms with E-state index in [0.717, 1.165) is 13.1 Å². The number of methoxy groups -OCH3 is 1. The van der Waals surface area contributed by atoms with Gasteiger partial charge in [-0.25, -0.2) is 0 Å². The van der Waals surface area contributed by atoms with E-state index in [0.29, 0.717) is 6.04 Å². The van der Waals surface area contributed by atoms with Crippen molar-refractivity contribution in [2.24, 2.45) is 5.92 Å². The van der Waals surface area contributed by atoms with E-state index in [-0.39, 0.29) is 11.9 Å². The maximum absolute atomic E-state index is 11.3. The van der Waals surface area contributed by atoms with Crippen LogP contribution in [0.25, 0.3) is 0 Å². The lowest BCUT2D eigenvalue weighted by atomic mass is 10.1. The third-order valence-corrected chi connectivity index (χ3v) is 3.38. The van der Waals surface area contributed by atoms with Crippen LogP contribution in [-0.2, 0) is 9.53 Å². The third-order valence-electron chi connectivity index (χ3n) is 3.38. The minimum atomic E-state index is -0.119. The molecule has 1 heterocycles. The van der Waals surface area contributed by atoms with E-state index in [4.69, 9.17) is 4.74 Å². The fraction of sp³-hybridized carbons (Fsp3) is 0.917. The standard InChI is InChI=1S/C12H24N2O2/c1-10(12(15)16-4)8-13(2)9-11-6-5-7-14(11)3/h10-11H,5-9H2,1-4H3. The van der Waals surface area contributed by atoms with Gasteiger partial charge in [0.15, 0.2) is 0 Å². The Kier molecular flexibility index (Phi) is 5.22. The summed E-state index contributed by atoms with van der Waals surface area (Å²) >= 11 is 0. The summed E-state index contributed by atoms with van der Waals surface area (Å²) in [5.74, 6) is -0.159. The molecule has 94 valence electrons. The number of hydrogen-bond acceptors (Lipinski definition) is 4. The van der Waals surface area contributed by atoms with Gasteiger partial charge >= 0.3 is 5.97 Å². The molecule has 1 aliphatic rings. The molecule has 0 spiro atoms. The molecular formula is C12H24N2O2. The molecule has 0 aromatic rings. The summed E-state index contributed by atoms with van der Waals surface area (Å²) < 4.78 is 4.73. The molecule has 0 aliphatic carbocycles. The van der Waals surface area contributed by atoms with Crippen molar-refractivity contribution in [3.05, 3.63) is 0 Å². The predicted molar refractivity (Wildman–Crippen MR) is 64.3 cm³/mol. The zero-order valence-corrected chi connectivity index (χ0v) is 10.9. The van der Waals surface area contributed by atoms with E-state index in [1.54, 1.807) is 0 Å². The van der Waals surface area contributed by atoms with Gasteiger partial charge < -0.3 is 14.5 Å². The van der Waals surface area contributed by atoms with Crippen LogP contribution in [0.1, 0.15) is 19.8 Å². The summed E-state index contributed by atoms with van der Waals surface area (Å²) in [7, 11) is 5.70. The fourth-order valence-corrected chi connectivity index (χ4v) is 2.39. The van der Waals surface area contributed by atoms with Gasteiger partial charge in [0, 0.05) is 19.1 Å². The van der Waals surface area contributed by atoms with Gasteiger partial charge in [-0.05, 0) is 33.5 Å². The van der Waals surface area contributed by atoms with Crippen LogP contribution in [0.4, 0.5) is 0 Å². The highest BCUT2D eigenvalue weighted by Gasteiger charge is 2.23. The van der Waals surface area contributed by atoms with Crippen LogP contribution in [0.5, 0.6) is 0 Å². The summed E-state index contributed by atoms with van der Waals surface area (Å²) in [6.07, 6.45) is 2.56. The van der Waals surface area contributed by atoms with Gasteiger partial charge in [-0.2, -0.15) is 0 Å². The molecule has 0 bridgehead atoms. The second-order valence-electron chi connectivity index (χ2n) is 4.92. The first-order chi connectivity index (χ1) is 7.54. The highest BCUT2D eigenvalue weighted by molar-refractivity contribution is 5.72. The van der Waals surface area contributed by atoms with Crippen molar-refractivity contribution in [1.29, 1.82) is 0 Å². The fourth-order valence-electron chi connectivity index (χ4n) is 2.39. The molecule has 0 radical (unpaired) electrons. The van der Waals surface area contributed by atoms with Crippen LogP contribution in [-0.4, -0.2) is 62.7 Å². The Morgan fingerprint density at radius 1 is 1.62 bits per heavy atom. The number of ether oxygens (including phenoxy) is 1. The molecule has 0 aromatic heterocycles. The smallest absolute Gasteiger partial charge is 0.309 e. The first kappa shape index (κ1) is 13.5. The first-order valence-electron chi connectivity index (χ1n) is 6.01. The Morgan fingerprint density at radius 2 is 2.31 bits per heavy atom. The minimum Gasteiger partial charge on any atom is -0.469 e. The van der Waals surface area contributed by atoms with Gasteiger partial charge in [-0.15, -0.1) is 0 Å². The van der Waals surface area contributed by atoms with Gasteiger partial charge in [0.2, 0.25) is 0 Å². The quantitative estimate of drug-likeness (QED) is 0.652. The normalized spacial score (nSPS) is 23.7. The molecule has 0 amide bonds. The van der Waals surface area contributed by atoms with Crippen LogP contribution in [0.15, 0.2) is 0 Å². The summed E-state index contributed by atoms with van der Waals surface area (Å²) in [6.45, 7) is 4.93. The Bertz CT molecular complexity index is 233. The number of carbonyl (C=O) groups excluding carboxylic acids is 1. The van der Waals surface area contributed by atoms with E-state index in [1.165, 1.54) is 26.5 Å². The highest BCUT2D eigenvalue weighted by atomic mass is 16.5.